The fraction of sp³-hybridized carbons (Fsp3) is 0. The highest BCUT2D eigenvalue weighted by atomic mass is 16.1. The van der Waals surface area contributed by atoms with E-state index in [0.717, 1.165) is 5.69 Å². The van der Waals surface area contributed by atoms with Crippen molar-refractivity contribution in [2.24, 2.45) is 5.84 Å². The number of hydrazine groups is 1. The van der Waals surface area contributed by atoms with E-state index >= 15 is 0 Å². The molecule has 1 aromatic heterocycles. The van der Waals surface area contributed by atoms with Gasteiger partial charge in [-0.15, -0.1) is 0 Å². The average molecular weight is 229 g/mol. The highest BCUT2D eigenvalue weighted by Crippen LogP contribution is 2.10. The van der Waals surface area contributed by atoms with Crippen LogP contribution in [0.3, 0.4) is 0 Å². The van der Waals surface area contributed by atoms with Gasteiger partial charge in [0.25, 0.3) is 5.91 Å². The fourth-order valence-corrected chi connectivity index (χ4v) is 1.28. The van der Waals surface area contributed by atoms with Gasteiger partial charge >= 0.3 is 0 Å². The summed E-state index contributed by atoms with van der Waals surface area (Å²) < 4.78 is 0. The van der Waals surface area contributed by atoms with Crippen molar-refractivity contribution in [1.29, 1.82) is 0 Å². The number of benzene rings is 1. The molecule has 4 N–H and O–H groups in total. The number of amides is 1. The molecule has 17 heavy (non-hydrogen) atoms. The molecule has 0 fully saturated rings. The Morgan fingerprint density at radius 1 is 1.06 bits per heavy atom. The number of rotatable bonds is 3. The molecular weight excluding hydrogens is 218 g/mol. The Kier molecular flexibility index (Phi) is 3.27. The summed E-state index contributed by atoms with van der Waals surface area (Å²) in [6.45, 7) is 0. The molecule has 86 valence electrons. The van der Waals surface area contributed by atoms with Gasteiger partial charge in [-0.3, -0.25) is 10.6 Å². The van der Waals surface area contributed by atoms with Crippen molar-refractivity contribution in [3.8, 4) is 0 Å². The molecule has 0 spiro atoms. The van der Waals surface area contributed by atoms with Gasteiger partial charge in [0.15, 0.2) is 0 Å². The molecule has 0 aliphatic carbocycles. The molecular formula is C11H11N5O. The van der Waals surface area contributed by atoms with E-state index in [1.54, 1.807) is 24.3 Å². The van der Waals surface area contributed by atoms with Crippen molar-refractivity contribution in [3.63, 3.8) is 0 Å². The summed E-state index contributed by atoms with van der Waals surface area (Å²) in [6.07, 6.45) is 4.46. The lowest BCUT2D eigenvalue weighted by molar-refractivity contribution is 0.102. The van der Waals surface area contributed by atoms with E-state index in [-0.39, 0.29) is 5.91 Å². The minimum absolute atomic E-state index is 0.219. The molecule has 0 saturated heterocycles. The topological polar surface area (TPSA) is 92.9 Å². The molecule has 1 aromatic carbocycles. The van der Waals surface area contributed by atoms with Gasteiger partial charge in [-0.2, -0.15) is 0 Å². The number of carbonyl (C=O) groups excluding carboxylic acids is 1. The van der Waals surface area contributed by atoms with Crippen molar-refractivity contribution in [2.45, 2.75) is 0 Å². The Morgan fingerprint density at radius 3 is 2.29 bits per heavy atom. The van der Waals surface area contributed by atoms with Crippen LogP contribution in [-0.4, -0.2) is 15.9 Å². The molecule has 1 heterocycles. The quantitative estimate of drug-likeness (QED) is 0.539. The van der Waals surface area contributed by atoms with Gasteiger partial charge in [0.2, 0.25) is 0 Å². The number of carbonyl (C=O) groups is 1. The maximum absolute atomic E-state index is 11.8. The molecule has 0 unspecified atom stereocenters. The Bertz CT molecular complexity index is 497. The molecule has 0 aliphatic heterocycles. The normalized spacial score (nSPS) is 9.71. The maximum atomic E-state index is 11.8. The molecule has 2 rings (SSSR count). The Hall–Kier alpha value is -2.47. The highest BCUT2D eigenvalue weighted by Gasteiger charge is 2.05. The number of nitrogens with one attached hydrogen (secondary N) is 2. The average Bonchev–Trinajstić information content (AvgIpc) is 2.40. The van der Waals surface area contributed by atoms with Gasteiger partial charge in [-0.05, 0) is 24.3 Å². The molecule has 0 saturated carbocycles. The first-order chi connectivity index (χ1) is 8.29. The van der Waals surface area contributed by atoms with Crippen molar-refractivity contribution < 1.29 is 4.79 Å². The van der Waals surface area contributed by atoms with Crippen molar-refractivity contribution >= 4 is 17.3 Å². The molecule has 6 nitrogen and oxygen atoms in total. The molecule has 1 amide bonds. The first-order valence-corrected chi connectivity index (χ1v) is 4.92. The standard InChI is InChI=1S/C11H11N5O/c12-16-9-3-1-8(2-4-9)11(17)15-10-5-13-7-14-6-10/h1-7,16H,12H2,(H,15,17). The van der Waals surface area contributed by atoms with Crippen LogP contribution in [0.4, 0.5) is 11.4 Å². The van der Waals surface area contributed by atoms with Crippen LogP contribution < -0.4 is 16.6 Å². The van der Waals surface area contributed by atoms with Gasteiger partial charge in [-0.1, -0.05) is 0 Å². The Morgan fingerprint density at radius 2 is 1.71 bits per heavy atom. The van der Waals surface area contributed by atoms with Crippen LogP contribution in [-0.2, 0) is 0 Å². The van der Waals surface area contributed by atoms with Crippen LogP contribution in [0, 0.1) is 0 Å². The zero-order valence-corrected chi connectivity index (χ0v) is 8.92. The molecule has 0 aliphatic rings. The summed E-state index contributed by atoms with van der Waals surface area (Å²) in [5.41, 5.74) is 4.32. The van der Waals surface area contributed by atoms with Gasteiger partial charge < -0.3 is 10.7 Å². The zero-order chi connectivity index (χ0) is 12.1. The lowest BCUT2D eigenvalue weighted by Crippen LogP contribution is -2.12. The van der Waals surface area contributed by atoms with Crippen LogP contribution in [0.15, 0.2) is 43.0 Å². The predicted molar refractivity (Wildman–Crippen MR) is 64.2 cm³/mol. The van der Waals surface area contributed by atoms with Crippen LogP contribution in [0.25, 0.3) is 0 Å². The Balaban J connectivity index is 2.09. The predicted octanol–water partition coefficient (Wildman–Crippen LogP) is 1.01. The van der Waals surface area contributed by atoms with Crippen LogP contribution in [0.2, 0.25) is 0 Å². The molecule has 0 radical (unpaired) electrons. The lowest BCUT2D eigenvalue weighted by Gasteiger charge is -2.05. The number of anilines is 2. The van der Waals surface area contributed by atoms with Crippen LogP contribution in [0.1, 0.15) is 10.4 Å². The number of hydrogen-bond acceptors (Lipinski definition) is 5. The van der Waals surface area contributed by atoms with Gasteiger partial charge in [0.05, 0.1) is 18.1 Å². The summed E-state index contributed by atoms with van der Waals surface area (Å²) in [5, 5.41) is 2.68. The van der Waals surface area contributed by atoms with Crippen LogP contribution >= 0.6 is 0 Å². The van der Waals surface area contributed by atoms with E-state index in [0.29, 0.717) is 11.3 Å². The summed E-state index contributed by atoms with van der Waals surface area (Å²) in [6, 6.07) is 6.79. The second-order valence-electron chi connectivity index (χ2n) is 3.30. The second kappa shape index (κ2) is 5.04. The van der Waals surface area contributed by atoms with Crippen LogP contribution in [0.5, 0.6) is 0 Å². The van der Waals surface area contributed by atoms with Gasteiger partial charge in [0, 0.05) is 11.3 Å². The first kappa shape index (κ1) is 11.0. The van der Waals surface area contributed by atoms with E-state index in [9.17, 15) is 4.79 Å². The maximum Gasteiger partial charge on any atom is 0.255 e. The largest absolute Gasteiger partial charge is 0.324 e. The SMILES string of the molecule is NNc1ccc(C(=O)Nc2cncnc2)cc1. The van der Waals surface area contributed by atoms with Gasteiger partial charge in [0.1, 0.15) is 6.33 Å². The van der Waals surface area contributed by atoms with E-state index in [2.05, 4.69) is 20.7 Å². The summed E-state index contributed by atoms with van der Waals surface area (Å²) >= 11 is 0. The van der Waals surface area contributed by atoms with Crippen molar-refractivity contribution in [1.82, 2.24) is 9.97 Å². The van der Waals surface area contributed by atoms with Crippen molar-refractivity contribution in [2.75, 3.05) is 10.7 Å². The third-order valence-electron chi connectivity index (χ3n) is 2.13. The zero-order valence-electron chi connectivity index (χ0n) is 8.92. The number of nitrogens with zero attached hydrogens (tertiary/aromatic N) is 2. The fourth-order valence-electron chi connectivity index (χ4n) is 1.28. The molecule has 6 heteroatoms. The third kappa shape index (κ3) is 2.76. The number of aromatic nitrogens is 2. The monoisotopic (exact) mass is 229 g/mol. The van der Waals surface area contributed by atoms with Crippen molar-refractivity contribution in [3.05, 3.63) is 48.5 Å². The smallest absolute Gasteiger partial charge is 0.255 e. The third-order valence-corrected chi connectivity index (χ3v) is 2.13. The molecule has 2 aromatic rings. The molecule has 0 bridgehead atoms. The summed E-state index contributed by atoms with van der Waals surface area (Å²) in [4.78, 5) is 19.4. The Labute approximate surface area is 97.9 Å². The summed E-state index contributed by atoms with van der Waals surface area (Å²) in [5.74, 6) is 5.01. The van der Waals surface area contributed by atoms with E-state index in [1.165, 1.54) is 18.7 Å². The minimum atomic E-state index is -0.219. The summed E-state index contributed by atoms with van der Waals surface area (Å²) in [7, 11) is 0. The minimum Gasteiger partial charge on any atom is -0.324 e. The van der Waals surface area contributed by atoms with E-state index in [1.807, 2.05) is 0 Å². The first-order valence-electron chi connectivity index (χ1n) is 4.92. The highest BCUT2D eigenvalue weighted by molar-refractivity contribution is 6.04. The number of nitrogens with two attached hydrogens (primary N) is 1. The van der Waals surface area contributed by atoms with E-state index < -0.39 is 0 Å². The number of nitrogen functional groups attached to an aromatic ring is 1. The van der Waals surface area contributed by atoms with Gasteiger partial charge in [-0.25, -0.2) is 9.97 Å². The second-order valence-corrected chi connectivity index (χ2v) is 3.30. The molecule has 0 atom stereocenters. The lowest BCUT2D eigenvalue weighted by atomic mass is 10.2. The number of hydrogen-bond donors (Lipinski definition) is 3. The van der Waals surface area contributed by atoms with E-state index in [4.69, 9.17) is 5.84 Å².